The molecule has 0 atom stereocenters. The van der Waals surface area contributed by atoms with Crippen molar-refractivity contribution in [3.63, 3.8) is 0 Å². The fourth-order valence-electron chi connectivity index (χ4n) is 1.64. The third kappa shape index (κ3) is 4.83. The summed E-state index contributed by atoms with van der Waals surface area (Å²) in [6.45, 7) is 1.46. The topological polar surface area (TPSA) is 72.8 Å². The summed E-state index contributed by atoms with van der Waals surface area (Å²) in [5, 5.41) is 21.9. The van der Waals surface area contributed by atoms with Crippen LogP contribution in [0, 0.1) is 5.41 Å². The number of hydrogen-bond donors (Lipinski definition) is 3. The lowest BCUT2D eigenvalue weighted by atomic mass is 9.92. The Morgan fingerprint density at radius 3 is 2.20 bits per heavy atom. The van der Waals surface area contributed by atoms with Gasteiger partial charge in [0.2, 0.25) is 0 Å². The van der Waals surface area contributed by atoms with Gasteiger partial charge in [0, 0.05) is 34.7 Å². The highest BCUT2D eigenvalue weighted by Gasteiger charge is 2.26. The van der Waals surface area contributed by atoms with E-state index in [4.69, 9.17) is 23.2 Å². The number of carbonyl (C=O) groups excluding carboxylic acids is 1. The molecule has 0 aromatic heterocycles. The minimum Gasteiger partial charge on any atom is -0.396 e. The molecule has 7 heteroatoms. The highest BCUT2D eigenvalue weighted by atomic mass is 35.5. The van der Waals surface area contributed by atoms with Gasteiger partial charge in [-0.05, 0) is 18.2 Å². The number of halogens is 2. The number of rotatable bonds is 5. The molecule has 0 aliphatic rings. The number of anilines is 1. The maximum absolute atomic E-state index is 12.0. The molecular formula is C13H18Cl2N2O3. The van der Waals surface area contributed by atoms with E-state index in [1.807, 2.05) is 0 Å². The van der Waals surface area contributed by atoms with Gasteiger partial charge in [-0.15, -0.1) is 0 Å². The highest BCUT2D eigenvalue weighted by Crippen LogP contribution is 2.23. The molecule has 0 aliphatic heterocycles. The van der Waals surface area contributed by atoms with Crippen molar-refractivity contribution in [2.24, 2.45) is 5.41 Å². The van der Waals surface area contributed by atoms with Gasteiger partial charge in [0.1, 0.15) is 0 Å². The van der Waals surface area contributed by atoms with Crippen molar-refractivity contribution >= 4 is 34.9 Å². The van der Waals surface area contributed by atoms with Gasteiger partial charge in [-0.3, -0.25) is 0 Å². The molecule has 2 amide bonds. The third-order valence-electron chi connectivity index (χ3n) is 2.84. The van der Waals surface area contributed by atoms with E-state index in [-0.39, 0.29) is 25.8 Å². The zero-order chi connectivity index (χ0) is 15.3. The fourth-order valence-corrected chi connectivity index (χ4v) is 2.17. The molecule has 3 N–H and O–H groups in total. The molecular weight excluding hydrogens is 303 g/mol. The second kappa shape index (κ2) is 7.13. The van der Waals surface area contributed by atoms with Crippen molar-refractivity contribution in [1.29, 1.82) is 0 Å². The minimum atomic E-state index is -0.752. The van der Waals surface area contributed by atoms with Crippen LogP contribution < -0.4 is 5.32 Å². The van der Waals surface area contributed by atoms with E-state index in [0.29, 0.717) is 15.7 Å². The van der Waals surface area contributed by atoms with Crippen LogP contribution in [-0.2, 0) is 0 Å². The molecule has 20 heavy (non-hydrogen) atoms. The summed E-state index contributed by atoms with van der Waals surface area (Å²) in [7, 11) is 1.57. The summed E-state index contributed by atoms with van der Waals surface area (Å²) in [6.07, 6.45) is 0. The van der Waals surface area contributed by atoms with Crippen LogP contribution in [0.15, 0.2) is 18.2 Å². The Balaban J connectivity index is 2.70. The van der Waals surface area contributed by atoms with Gasteiger partial charge in [0.05, 0.1) is 13.2 Å². The monoisotopic (exact) mass is 320 g/mol. The number of nitrogens with one attached hydrogen (secondary N) is 1. The maximum Gasteiger partial charge on any atom is 0.321 e. The molecule has 0 unspecified atom stereocenters. The lowest BCUT2D eigenvalue weighted by molar-refractivity contribution is 0.0509. The van der Waals surface area contributed by atoms with Gasteiger partial charge in [-0.2, -0.15) is 0 Å². The largest absolute Gasteiger partial charge is 0.396 e. The Hall–Kier alpha value is -1.01. The lowest BCUT2D eigenvalue weighted by Crippen LogP contribution is -2.43. The van der Waals surface area contributed by atoms with Crippen LogP contribution in [0.1, 0.15) is 6.92 Å². The predicted octanol–water partition coefficient (Wildman–Crippen LogP) is 2.45. The number of aliphatic hydroxyl groups is 2. The van der Waals surface area contributed by atoms with E-state index in [0.717, 1.165) is 0 Å². The second-order valence-corrected chi connectivity index (χ2v) is 5.94. The molecule has 112 valence electrons. The molecule has 1 aromatic carbocycles. The second-order valence-electron chi connectivity index (χ2n) is 5.07. The lowest BCUT2D eigenvalue weighted by Gasteiger charge is -2.30. The molecule has 0 fully saturated rings. The fraction of sp³-hybridized carbons (Fsp3) is 0.462. The van der Waals surface area contributed by atoms with Gasteiger partial charge in [-0.1, -0.05) is 30.1 Å². The van der Waals surface area contributed by atoms with Crippen LogP contribution in [0.2, 0.25) is 10.0 Å². The third-order valence-corrected chi connectivity index (χ3v) is 3.28. The standard InChI is InChI=1S/C13H18Cl2N2O3/c1-13(7-18,8-19)6-17(2)12(20)16-11-4-9(14)3-10(15)5-11/h3-5,18-19H,6-8H2,1-2H3,(H,16,20). The van der Waals surface area contributed by atoms with Crippen LogP contribution in [0.4, 0.5) is 10.5 Å². The quantitative estimate of drug-likeness (QED) is 0.780. The minimum absolute atomic E-state index is 0.208. The first kappa shape index (κ1) is 17.0. The number of hydrogen-bond acceptors (Lipinski definition) is 3. The molecule has 1 aromatic rings. The average Bonchev–Trinajstić information content (AvgIpc) is 2.37. The molecule has 1 rings (SSSR count). The molecule has 0 saturated carbocycles. The van der Waals surface area contributed by atoms with Crippen molar-refractivity contribution in [1.82, 2.24) is 4.90 Å². The van der Waals surface area contributed by atoms with Crippen molar-refractivity contribution in [3.05, 3.63) is 28.2 Å². The molecule has 5 nitrogen and oxygen atoms in total. The van der Waals surface area contributed by atoms with E-state index < -0.39 is 5.41 Å². The number of urea groups is 1. The Morgan fingerprint density at radius 2 is 1.75 bits per heavy atom. The Labute approximate surface area is 128 Å². The summed E-state index contributed by atoms with van der Waals surface area (Å²) < 4.78 is 0. The van der Waals surface area contributed by atoms with Crippen molar-refractivity contribution in [2.75, 3.05) is 32.1 Å². The van der Waals surface area contributed by atoms with Gasteiger partial charge in [0.25, 0.3) is 0 Å². The van der Waals surface area contributed by atoms with Gasteiger partial charge < -0.3 is 20.4 Å². The molecule has 0 saturated heterocycles. The normalized spacial score (nSPS) is 11.3. The van der Waals surface area contributed by atoms with Crippen LogP contribution in [0.3, 0.4) is 0 Å². The number of amides is 2. The van der Waals surface area contributed by atoms with Crippen LogP contribution in [0.5, 0.6) is 0 Å². The first-order chi connectivity index (χ1) is 9.29. The summed E-state index contributed by atoms with van der Waals surface area (Å²) in [5.41, 5.74) is -0.271. The SMILES string of the molecule is CN(CC(C)(CO)CO)C(=O)Nc1cc(Cl)cc(Cl)c1. The molecule has 0 spiro atoms. The Morgan fingerprint density at radius 1 is 1.25 bits per heavy atom. The average molecular weight is 321 g/mol. The smallest absolute Gasteiger partial charge is 0.321 e. The first-order valence-electron chi connectivity index (χ1n) is 5.99. The number of aliphatic hydroxyl groups excluding tert-OH is 2. The van der Waals surface area contributed by atoms with E-state index in [1.165, 1.54) is 4.90 Å². The molecule has 0 bridgehead atoms. The number of carbonyl (C=O) groups is 1. The number of benzene rings is 1. The van der Waals surface area contributed by atoms with Gasteiger partial charge in [-0.25, -0.2) is 4.79 Å². The van der Waals surface area contributed by atoms with Gasteiger partial charge in [0.15, 0.2) is 0 Å². The summed E-state index contributed by atoms with van der Waals surface area (Å²) in [6, 6.07) is 4.35. The van der Waals surface area contributed by atoms with Crippen LogP contribution in [0.25, 0.3) is 0 Å². The summed E-state index contributed by atoms with van der Waals surface area (Å²) in [4.78, 5) is 13.4. The maximum atomic E-state index is 12.0. The summed E-state index contributed by atoms with van der Waals surface area (Å²) >= 11 is 11.7. The van der Waals surface area contributed by atoms with E-state index in [9.17, 15) is 15.0 Å². The number of nitrogens with zero attached hydrogens (tertiary/aromatic N) is 1. The zero-order valence-corrected chi connectivity index (χ0v) is 12.9. The van der Waals surface area contributed by atoms with Crippen molar-refractivity contribution < 1.29 is 15.0 Å². The Kier molecular flexibility index (Phi) is 6.07. The van der Waals surface area contributed by atoms with E-state index in [1.54, 1.807) is 32.2 Å². The van der Waals surface area contributed by atoms with Crippen molar-refractivity contribution in [3.8, 4) is 0 Å². The highest BCUT2D eigenvalue weighted by molar-refractivity contribution is 6.35. The van der Waals surface area contributed by atoms with Crippen LogP contribution in [-0.4, -0.2) is 48.0 Å². The first-order valence-corrected chi connectivity index (χ1v) is 6.75. The molecule has 0 aliphatic carbocycles. The van der Waals surface area contributed by atoms with Gasteiger partial charge >= 0.3 is 6.03 Å². The summed E-state index contributed by atoms with van der Waals surface area (Å²) in [5.74, 6) is 0. The molecule has 0 radical (unpaired) electrons. The van der Waals surface area contributed by atoms with E-state index in [2.05, 4.69) is 5.32 Å². The Bertz CT molecular complexity index is 458. The van der Waals surface area contributed by atoms with Crippen molar-refractivity contribution in [2.45, 2.75) is 6.92 Å². The molecule has 0 heterocycles. The van der Waals surface area contributed by atoms with Crippen LogP contribution >= 0.6 is 23.2 Å². The zero-order valence-electron chi connectivity index (χ0n) is 11.4. The predicted molar refractivity (Wildman–Crippen MR) is 80.4 cm³/mol. The van der Waals surface area contributed by atoms with E-state index >= 15 is 0 Å².